The average molecular weight is 437 g/mol. The molecular formula is C26H28O2S2. The molecule has 2 aromatic heterocycles. The van der Waals surface area contributed by atoms with Crippen LogP contribution in [0.4, 0.5) is 0 Å². The van der Waals surface area contributed by atoms with E-state index in [0.29, 0.717) is 9.41 Å². The van der Waals surface area contributed by atoms with E-state index in [2.05, 4.69) is 65.8 Å². The molecule has 0 unspecified atom stereocenters. The molecule has 4 rings (SSSR count). The highest BCUT2D eigenvalue weighted by Crippen LogP contribution is 2.28. The smallest absolute Gasteiger partial charge is 0.198 e. The van der Waals surface area contributed by atoms with Crippen LogP contribution in [0.1, 0.15) is 53.1 Å². The topological polar surface area (TPSA) is 26.3 Å². The van der Waals surface area contributed by atoms with Crippen LogP contribution in [0.2, 0.25) is 0 Å². The lowest BCUT2D eigenvalue weighted by Gasteiger charge is -2.17. The lowest BCUT2D eigenvalue weighted by Crippen LogP contribution is -2.10. The van der Waals surface area contributed by atoms with Crippen molar-refractivity contribution < 1.29 is 8.83 Å². The first kappa shape index (κ1) is 22.4. The van der Waals surface area contributed by atoms with E-state index in [1.54, 1.807) is 0 Å². The van der Waals surface area contributed by atoms with Gasteiger partial charge in [0.25, 0.3) is 0 Å². The minimum Gasteiger partial charge on any atom is -0.449 e. The molecule has 156 valence electrons. The van der Waals surface area contributed by atoms with Crippen LogP contribution in [0.15, 0.2) is 69.5 Å². The highest BCUT2D eigenvalue weighted by Gasteiger charge is 2.18. The van der Waals surface area contributed by atoms with Crippen molar-refractivity contribution in [2.75, 3.05) is 0 Å². The first-order valence-electron chi connectivity index (χ1n) is 10.0. The van der Waals surface area contributed by atoms with Gasteiger partial charge in [0.1, 0.15) is 11.5 Å². The Hall–Kier alpha value is -2.30. The van der Waals surface area contributed by atoms with Gasteiger partial charge in [-0.3, -0.25) is 0 Å². The fourth-order valence-corrected chi connectivity index (χ4v) is 3.56. The second-order valence-corrected chi connectivity index (χ2v) is 10.2. The molecule has 4 aromatic rings. The predicted molar refractivity (Wildman–Crippen MR) is 131 cm³/mol. The summed E-state index contributed by atoms with van der Waals surface area (Å²) >= 11 is 10.5. The van der Waals surface area contributed by atoms with Gasteiger partial charge in [-0.1, -0.05) is 77.9 Å². The highest BCUT2D eigenvalue weighted by molar-refractivity contribution is 7.71. The quantitative estimate of drug-likeness (QED) is 0.257. The maximum absolute atomic E-state index is 5.67. The molecule has 0 N–H and O–H groups in total. The molecule has 0 aliphatic heterocycles. The van der Waals surface area contributed by atoms with E-state index >= 15 is 0 Å². The third kappa shape index (κ3) is 5.05. The molecule has 0 aliphatic rings. The number of hydrogen-bond donors (Lipinski definition) is 0. The minimum absolute atomic E-state index is 0.00239. The minimum atomic E-state index is -0.00239. The van der Waals surface area contributed by atoms with E-state index in [-0.39, 0.29) is 10.8 Å². The van der Waals surface area contributed by atoms with E-state index in [1.807, 2.05) is 36.4 Å². The van der Waals surface area contributed by atoms with Gasteiger partial charge >= 0.3 is 0 Å². The van der Waals surface area contributed by atoms with Gasteiger partial charge in [0.05, 0.1) is 0 Å². The molecule has 0 saturated heterocycles. The summed E-state index contributed by atoms with van der Waals surface area (Å²) in [7, 11) is 0. The summed E-state index contributed by atoms with van der Waals surface area (Å²) in [5.41, 5.74) is -0.00478. The molecular weight excluding hydrogens is 408 g/mol. The number of rotatable bonds is 0. The van der Waals surface area contributed by atoms with Crippen molar-refractivity contribution in [2.45, 2.75) is 52.4 Å². The van der Waals surface area contributed by atoms with Gasteiger partial charge < -0.3 is 8.83 Å². The van der Waals surface area contributed by atoms with Crippen molar-refractivity contribution in [1.82, 2.24) is 0 Å². The molecule has 2 nitrogen and oxygen atoms in total. The molecule has 0 radical (unpaired) electrons. The van der Waals surface area contributed by atoms with Gasteiger partial charge in [0, 0.05) is 21.6 Å². The molecule has 0 fully saturated rings. The molecule has 0 spiro atoms. The van der Waals surface area contributed by atoms with E-state index in [1.165, 1.54) is 0 Å². The molecule has 2 heterocycles. The lowest BCUT2D eigenvalue weighted by atomic mass is 9.92. The van der Waals surface area contributed by atoms with Crippen molar-refractivity contribution in [1.29, 1.82) is 0 Å². The summed E-state index contributed by atoms with van der Waals surface area (Å²) in [5.74, 6) is 1.87. The molecule has 0 aliphatic carbocycles. The fraction of sp³-hybridized carbons (Fsp3) is 0.308. The Morgan fingerprint density at radius 1 is 0.567 bits per heavy atom. The van der Waals surface area contributed by atoms with E-state index in [4.69, 9.17) is 33.3 Å². The Labute approximate surface area is 188 Å². The summed E-state index contributed by atoms with van der Waals surface area (Å²) < 4.78 is 12.5. The van der Waals surface area contributed by atoms with Crippen molar-refractivity contribution in [3.05, 3.63) is 81.6 Å². The first-order valence-corrected chi connectivity index (χ1v) is 10.9. The van der Waals surface area contributed by atoms with Gasteiger partial charge in [-0.15, -0.1) is 0 Å². The van der Waals surface area contributed by atoms with E-state index in [0.717, 1.165) is 33.1 Å². The van der Waals surface area contributed by atoms with E-state index in [9.17, 15) is 0 Å². The average Bonchev–Trinajstić information content (AvgIpc) is 2.67. The Morgan fingerprint density at radius 3 is 1.23 bits per heavy atom. The van der Waals surface area contributed by atoms with Crippen LogP contribution in [-0.4, -0.2) is 0 Å². The highest BCUT2D eigenvalue weighted by atomic mass is 32.1. The molecule has 0 bridgehead atoms. The Balaban J connectivity index is 0.000000171. The SMILES string of the molecule is CC(C)(C)c1cc2ccccc2c(=S)o1.CC(C)(C)c1cc2ccccc2c(=S)o1. The molecule has 0 saturated carbocycles. The largest absolute Gasteiger partial charge is 0.449 e. The number of hydrogen-bond acceptors (Lipinski definition) is 4. The Bertz CT molecular complexity index is 1200. The van der Waals surface area contributed by atoms with Gasteiger partial charge in [0.15, 0.2) is 9.41 Å². The summed E-state index contributed by atoms with van der Waals surface area (Å²) in [6.07, 6.45) is 0. The Kier molecular flexibility index (Phi) is 6.30. The van der Waals surface area contributed by atoms with Gasteiger partial charge in [-0.2, -0.15) is 0 Å². The number of benzene rings is 2. The zero-order valence-electron chi connectivity index (χ0n) is 18.4. The zero-order valence-corrected chi connectivity index (χ0v) is 20.0. The summed E-state index contributed by atoms with van der Waals surface area (Å²) in [6.45, 7) is 12.7. The zero-order chi connectivity index (χ0) is 22.1. The summed E-state index contributed by atoms with van der Waals surface area (Å²) in [6, 6.07) is 20.3. The maximum atomic E-state index is 5.67. The van der Waals surface area contributed by atoms with E-state index < -0.39 is 0 Å². The second kappa shape index (κ2) is 8.44. The normalized spacial score (nSPS) is 11.9. The third-order valence-electron chi connectivity index (χ3n) is 4.82. The fourth-order valence-electron chi connectivity index (χ4n) is 3.01. The van der Waals surface area contributed by atoms with Crippen molar-refractivity contribution >= 4 is 46.0 Å². The third-order valence-corrected chi connectivity index (χ3v) is 5.42. The number of fused-ring (bicyclic) bond motifs is 2. The first-order chi connectivity index (χ1) is 14.0. The standard InChI is InChI=1S/2C13H14OS/c2*1-13(2,3)11-8-9-6-4-5-7-10(9)12(15)14-11/h2*4-8H,1-3H3. The molecule has 4 heteroatoms. The van der Waals surface area contributed by atoms with Crippen molar-refractivity contribution in [2.24, 2.45) is 0 Å². The van der Waals surface area contributed by atoms with Crippen LogP contribution < -0.4 is 0 Å². The molecule has 30 heavy (non-hydrogen) atoms. The van der Waals surface area contributed by atoms with Crippen LogP contribution in [0, 0.1) is 9.41 Å². The summed E-state index contributed by atoms with van der Waals surface area (Å²) in [5, 5.41) is 4.33. The van der Waals surface area contributed by atoms with Crippen LogP contribution >= 0.6 is 24.4 Å². The monoisotopic (exact) mass is 436 g/mol. The Morgan fingerprint density at radius 2 is 0.900 bits per heavy atom. The van der Waals surface area contributed by atoms with Crippen LogP contribution in [0.5, 0.6) is 0 Å². The molecule has 0 atom stereocenters. The van der Waals surface area contributed by atoms with Crippen molar-refractivity contribution in [3.63, 3.8) is 0 Å². The summed E-state index contributed by atoms with van der Waals surface area (Å²) in [4.78, 5) is 0. The van der Waals surface area contributed by atoms with Gasteiger partial charge in [-0.05, 0) is 59.5 Å². The lowest BCUT2D eigenvalue weighted by molar-refractivity contribution is 0.393. The van der Waals surface area contributed by atoms with Gasteiger partial charge in [-0.25, -0.2) is 0 Å². The maximum Gasteiger partial charge on any atom is 0.198 e. The molecule has 2 aromatic carbocycles. The van der Waals surface area contributed by atoms with Crippen LogP contribution in [0.25, 0.3) is 21.5 Å². The van der Waals surface area contributed by atoms with Gasteiger partial charge in [0.2, 0.25) is 0 Å². The van der Waals surface area contributed by atoms with Crippen molar-refractivity contribution in [3.8, 4) is 0 Å². The van der Waals surface area contributed by atoms with Crippen LogP contribution in [0.3, 0.4) is 0 Å². The molecule has 0 amide bonds. The van der Waals surface area contributed by atoms with Crippen LogP contribution in [-0.2, 0) is 10.8 Å². The predicted octanol–water partition coefficient (Wildman–Crippen LogP) is 8.92. The second-order valence-electron chi connectivity index (χ2n) is 9.47.